The summed E-state index contributed by atoms with van der Waals surface area (Å²) in [6.07, 6.45) is 0.300. The molecule has 0 saturated heterocycles. The normalized spacial score (nSPS) is 11.6. The summed E-state index contributed by atoms with van der Waals surface area (Å²) >= 11 is 0.819. The van der Waals surface area contributed by atoms with Gasteiger partial charge < -0.3 is 0 Å². The van der Waals surface area contributed by atoms with Crippen LogP contribution in [-0.2, 0) is 9.05 Å². The Morgan fingerprint density at radius 3 is 2.50 bits per heavy atom. The first-order valence-corrected chi connectivity index (χ1v) is 6.94. The van der Waals surface area contributed by atoms with Gasteiger partial charge >= 0.3 is 0 Å². The second kappa shape index (κ2) is 3.96. The molecule has 1 heterocycles. The third kappa shape index (κ3) is 2.31. The lowest BCUT2D eigenvalue weighted by Crippen LogP contribution is -1.94. The van der Waals surface area contributed by atoms with Gasteiger partial charge in [0, 0.05) is 17.1 Å². The molecule has 1 aromatic heterocycles. The molecule has 1 aromatic rings. The van der Waals surface area contributed by atoms with Crippen LogP contribution in [0.2, 0.25) is 0 Å². The van der Waals surface area contributed by atoms with Gasteiger partial charge in [-0.05, 0) is 6.92 Å². The second-order valence-electron chi connectivity index (χ2n) is 2.61. The Labute approximate surface area is 90.3 Å². The minimum absolute atomic E-state index is 0.0454. The number of carbonyl (C=O) groups excluding carboxylic acids is 1. The lowest BCUT2D eigenvalue weighted by atomic mass is 10.3. The zero-order valence-corrected chi connectivity index (χ0v) is 9.96. The van der Waals surface area contributed by atoms with Crippen molar-refractivity contribution in [3.8, 4) is 0 Å². The molecule has 0 aliphatic carbocycles. The number of halogens is 1. The molecule has 0 aliphatic heterocycles. The molecule has 7 heteroatoms. The van der Waals surface area contributed by atoms with E-state index in [0.29, 0.717) is 6.42 Å². The summed E-state index contributed by atoms with van der Waals surface area (Å²) in [5, 5.41) is 0.198. The molecule has 78 valence electrons. The van der Waals surface area contributed by atoms with Crippen LogP contribution in [0.1, 0.15) is 28.8 Å². The summed E-state index contributed by atoms with van der Waals surface area (Å²) in [5.41, 5.74) is 0.279. The maximum Gasteiger partial charge on any atom is 0.272 e. The number of carbonyl (C=O) groups is 1. The van der Waals surface area contributed by atoms with Crippen molar-refractivity contribution in [3.05, 3.63) is 10.7 Å². The molecular formula is C7H8ClNO3S2. The van der Waals surface area contributed by atoms with Gasteiger partial charge in [0.2, 0.25) is 0 Å². The van der Waals surface area contributed by atoms with Gasteiger partial charge in [-0.3, -0.25) is 4.79 Å². The van der Waals surface area contributed by atoms with Crippen molar-refractivity contribution in [1.29, 1.82) is 0 Å². The van der Waals surface area contributed by atoms with E-state index in [1.807, 2.05) is 0 Å². The fraction of sp³-hybridized carbons (Fsp3) is 0.429. The molecule has 0 radical (unpaired) electrons. The van der Waals surface area contributed by atoms with Crippen molar-refractivity contribution < 1.29 is 13.2 Å². The Bertz CT molecular complexity index is 463. The van der Waals surface area contributed by atoms with Crippen LogP contribution in [0, 0.1) is 6.92 Å². The molecule has 4 nitrogen and oxygen atoms in total. The molecule has 0 saturated carbocycles. The van der Waals surface area contributed by atoms with Crippen molar-refractivity contribution in [2.75, 3.05) is 0 Å². The van der Waals surface area contributed by atoms with Gasteiger partial charge in [0.05, 0.1) is 5.69 Å². The number of aromatic nitrogens is 1. The van der Waals surface area contributed by atoms with Crippen LogP contribution in [0.3, 0.4) is 0 Å². The van der Waals surface area contributed by atoms with Crippen molar-refractivity contribution in [2.45, 2.75) is 24.5 Å². The van der Waals surface area contributed by atoms with E-state index in [0.717, 1.165) is 11.3 Å². The predicted molar refractivity (Wildman–Crippen MR) is 54.5 cm³/mol. The van der Waals surface area contributed by atoms with E-state index in [4.69, 9.17) is 10.7 Å². The van der Waals surface area contributed by atoms with Crippen LogP contribution in [0.25, 0.3) is 0 Å². The largest absolute Gasteiger partial charge is 0.292 e. The summed E-state index contributed by atoms with van der Waals surface area (Å²) in [6.45, 7) is 3.20. The summed E-state index contributed by atoms with van der Waals surface area (Å²) in [7, 11) is 1.38. The molecule has 0 aliphatic rings. The van der Waals surface area contributed by atoms with Gasteiger partial charge in [-0.25, -0.2) is 13.4 Å². The number of ketones is 1. The smallest absolute Gasteiger partial charge is 0.272 e. The average molecular weight is 254 g/mol. The van der Waals surface area contributed by atoms with Crippen LogP contribution in [0.4, 0.5) is 0 Å². The minimum Gasteiger partial charge on any atom is -0.292 e. The maximum atomic E-state index is 11.2. The van der Waals surface area contributed by atoms with E-state index in [-0.39, 0.29) is 20.7 Å². The summed E-state index contributed by atoms with van der Waals surface area (Å²) in [6, 6.07) is 0. The van der Waals surface area contributed by atoms with Crippen LogP contribution in [0.5, 0.6) is 0 Å². The van der Waals surface area contributed by atoms with Crippen LogP contribution in [0.15, 0.2) is 4.21 Å². The number of nitrogens with zero attached hydrogens (tertiary/aromatic N) is 1. The topological polar surface area (TPSA) is 64.1 Å². The number of hydrogen-bond donors (Lipinski definition) is 0. The molecular weight excluding hydrogens is 246 g/mol. The highest BCUT2D eigenvalue weighted by Gasteiger charge is 2.21. The van der Waals surface area contributed by atoms with Crippen LogP contribution >= 0.6 is 22.0 Å². The zero-order chi connectivity index (χ0) is 10.9. The van der Waals surface area contributed by atoms with Gasteiger partial charge in [-0.2, -0.15) is 0 Å². The van der Waals surface area contributed by atoms with Gasteiger partial charge in [-0.15, -0.1) is 0 Å². The average Bonchev–Trinajstić information content (AvgIpc) is 2.45. The third-order valence-corrected chi connectivity index (χ3v) is 4.91. The first-order chi connectivity index (χ1) is 6.36. The fourth-order valence-corrected chi connectivity index (χ4v) is 3.34. The number of hydrogen-bond acceptors (Lipinski definition) is 5. The number of aryl methyl sites for hydroxylation is 1. The molecule has 14 heavy (non-hydrogen) atoms. The predicted octanol–water partition coefficient (Wildman–Crippen LogP) is 1.97. The summed E-state index contributed by atoms with van der Waals surface area (Å²) in [4.78, 5) is 15.1. The van der Waals surface area contributed by atoms with Crippen molar-refractivity contribution in [1.82, 2.24) is 4.98 Å². The first-order valence-electron chi connectivity index (χ1n) is 3.81. The number of thiazole rings is 1. The van der Waals surface area contributed by atoms with Gasteiger partial charge in [0.25, 0.3) is 9.05 Å². The van der Waals surface area contributed by atoms with E-state index in [1.54, 1.807) is 6.92 Å². The van der Waals surface area contributed by atoms with Crippen LogP contribution < -0.4 is 0 Å². The molecule has 0 fully saturated rings. The molecule has 0 N–H and O–H groups in total. The Kier molecular flexibility index (Phi) is 3.28. The quantitative estimate of drug-likeness (QED) is 0.610. The zero-order valence-electron chi connectivity index (χ0n) is 7.57. The van der Waals surface area contributed by atoms with Crippen molar-refractivity contribution in [3.63, 3.8) is 0 Å². The van der Waals surface area contributed by atoms with Crippen molar-refractivity contribution in [2.24, 2.45) is 0 Å². The standard InChI is InChI=1S/C7H8ClNO3S2/c1-3-5(10)6-9-4(2)7(13-6)14(8,11)12/h3H2,1-2H3. The molecule has 1 rings (SSSR count). The van der Waals surface area contributed by atoms with E-state index >= 15 is 0 Å². The van der Waals surface area contributed by atoms with Crippen LogP contribution in [-0.4, -0.2) is 19.2 Å². The van der Waals surface area contributed by atoms with E-state index in [1.165, 1.54) is 6.92 Å². The Morgan fingerprint density at radius 1 is 1.57 bits per heavy atom. The third-order valence-electron chi connectivity index (χ3n) is 1.54. The SMILES string of the molecule is CCC(=O)c1nc(C)c(S(=O)(=O)Cl)s1. The highest BCUT2D eigenvalue weighted by Crippen LogP contribution is 2.27. The Morgan fingerprint density at radius 2 is 2.14 bits per heavy atom. The summed E-state index contributed by atoms with van der Waals surface area (Å²) < 4.78 is 22.0. The molecule has 0 amide bonds. The Hall–Kier alpha value is -0.460. The lowest BCUT2D eigenvalue weighted by molar-refractivity contribution is 0.0987. The Balaban J connectivity index is 3.25. The number of rotatable bonds is 3. The first kappa shape index (κ1) is 11.6. The monoisotopic (exact) mass is 253 g/mol. The molecule has 0 bridgehead atoms. The molecule has 0 unspecified atom stereocenters. The number of Topliss-reactive ketones (excluding diaryl/α,β-unsaturated/α-hetero) is 1. The van der Waals surface area contributed by atoms with Gasteiger partial charge in [0.15, 0.2) is 15.0 Å². The van der Waals surface area contributed by atoms with E-state index < -0.39 is 9.05 Å². The highest BCUT2D eigenvalue weighted by atomic mass is 35.7. The fourth-order valence-electron chi connectivity index (χ4n) is 0.879. The summed E-state index contributed by atoms with van der Waals surface area (Å²) in [5.74, 6) is -0.176. The lowest BCUT2D eigenvalue weighted by Gasteiger charge is -1.88. The van der Waals surface area contributed by atoms with Crippen molar-refractivity contribution >= 4 is 36.9 Å². The van der Waals surface area contributed by atoms with E-state index in [9.17, 15) is 13.2 Å². The highest BCUT2D eigenvalue weighted by molar-refractivity contribution is 8.15. The second-order valence-corrected chi connectivity index (χ2v) is 6.37. The van der Waals surface area contributed by atoms with Gasteiger partial charge in [0.1, 0.15) is 0 Å². The molecule has 0 aromatic carbocycles. The van der Waals surface area contributed by atoms with Gasteiger partial charge in [-0.1, -0.05) is 18.3 Å². The molecule has 0 atom stereocenters. The molecule has 0 spiro atoms. The maximum absolute atomic E-state index is 11.2. The van der Waals surface area contributed by atoms with E-state index in [2.05, 4.69) is 4.98 Å². The minimum atomic E-state index is -3.78.